The summed E-state index contributed by atoms with van der Waals surface area (Å²) in [6.07, 6.45) is 11.3. The first-order chi connectivity index (χ1) is 11.2. The number of thiazole rings is 1. The van der Waals surface area contributed by atoms with E-state index in [9.17, 15) is 4.79 Å². The lowest BCUT2D eigenvalue weighted by molar-refractivity contribution is -0.118. The molecule has 3 rings (SSSR count). The Morgan fingerprint density at radius 3 is 2.74 bits per heavy atom. The number of carbonyl (C=O) groups is 1. The number of carbonyl (C=O) groups excluding carboxylic acids is 1. The van der Waals surface area contributed by atoms with E-state index in [0.29, 0.717) is 0 Å². The molecule has 0 N–H and O–H groups in total. The van der Waals surface area contributed by atoms with E-state index < -0.39 is 0 Å². The lowest BCUT2D eigenvalue weighted by Gasteiger charge is -2.34. The van der Waals surface area contributed by atoms with E-state index in [4.69, 9.17) is 0 Å². The van der Waals surface area contributed by atoms with Crippen molar-refractivity contribution in [3.8, 4) is 0 Å². The minimum atomic E-state index is -0.179. The number of imidazole rings is 1. The van der Waals surface area contributed by atoms with Crippen molar-refractivity contribution in [3.63, 3.8) is 0 Å². The highest BCUT2D eigenvalue weighted by molar-refractivity contribution is 8.00. The average molecular weight is 351 g/mol. The van der Waals surface area contributed by atoms with Gasteiger partial charge in [0.2, 0.25) is 5.91 Å². The molecule has 2 aromatic heterocycles. The third-order valence-electron chi connectivity index (χ3n) is 4.21. The fraction of sp³-hybridized carbons (Fsp3) is 0.562. The number of nitrogens with zero attached hydrogens (tertiary/aromatic N) is 4. The topological polar surface area (TPSA) is 51.0 Å². The first kappa shape index (κ1) is 16.5. The molecule has 1 amide bonds. The van der Waals surface area contributed by atoms with Crippen LogP contribution >= 0.6 is 23.1 Å². The Morgan fingerprint density at radius 1 is 1.35 bits per heavy atom. The van der Waals surface area contributed by atoms with Gasteiger partial charge in [-0.25, -0.2) is 9.97 Å². The molecular weight excluding hydrogens is 328 g/mol. The first-order valence-electron chi connectivity index (χ1n) is 8.03. The number of aromatic nitrogens is 3. The SMILES string of the molecule is C[C@H](Sc1nccn1C)C(=O)N(c1nccs1)C1CCCCC1. The fourth-order valence-electron chi connectivity index (χ4n) is 2.97. The predicted molar refractivity (Wildman–Crippen MR) is 95.0 cm³/mol. The lowest BCUT2D eigenvalue weighted by Crippen LogP contribution is -2.45. The molecule has 124 valence electrons. The second-order valence-corrected chi connectivity index (χ2v) is 8.08. The lowest BCUT2D eigenvalue weighted by atomic mass is 9.94. The number of anilines is 1. The summed E-state index contributed by atoms with van der Waals surface area (Å²) >= 11 is 3.06. The van der Waals surface area contributed by atoms with Gasteiger partial charge in [-0.2, -0.15) is 0 Å². The molecule has 2 aromatic rings. The third kappa shape index (κ3) is 3.77. The molecule has 0 bridgehead atoms. The van der Waals surface area contributed by atoms with Gasteiger partial charge < -0.3 is 4.57 Å². The number of hydrogen-bond acceptors (Lipinski definition) is 5. The second-order valence-electron chi connectivity index (χ2n) is 5.90. The van der Waals surface area contributed by atoms with Gasteiger partial charge in [-0.1, -0.05) is 31.0 Å². The Kier molecular flexibility index (Phi) is 5.38. The van der Waals surface area contributed by atoms with Crippen LogP contribution in [0.15, 0.2) is 29.1 Å². The first-order valence-corrected chi connectivity index (χ1v) is 9.79. The number of amides is 1. The largest absolute Gasteiger partial charge is 0.329 e. The Hall–Kier alpha value is -1.34. The van der Waals surface area contributed by atoms with E-state index in [1.807, 2.05) is 35.0 Å². The summed E-state index contributed by atoms with van der Waals surface area (Å²) in [7, 11) is 1.95. The Labute approximate surface area is 145 Å². The van der Waals surface area contributed by atoms with E-state index in [2.05, 4.69) is 9.97 Å². The Bertz CT molecular complexity index is 634. The summed E-state index contributed by atoms with van der Waals surface area (Å²) < 4.78 is 1.95. The van der Waals surface area contributed by atoms with Crippen molar-refractivity contribution < 1.29 is 4.79 Å². The van der Waals surface area contributed by atoms with Crippen LogP contribution in [0, 0.1) is 0 Å². The Balaban J connectivity index is 1.78. The molecule has 7 heteroatoms. The van der Waals surface area contributed by atoms with Crippen LogP contribution in [0.25, 0.3) is 0 Å². The zero-order chi connectivity index (χ0) is 16.2. The van der Waals surface area contributed by atoms with Gasteiger partial charge in [-0.3, -0.25) is 9.69 Å². The molecule has 1 saturated carbocycles. The van der Waals surface area contributed by atoms with E-state index in [1.165, 1.54) is 31.0 Å². The molecule has 0 unspecified atom stereocenters. The third-order valence-corrected chi connectivity index (χ3v) is 6.14. The van der Waals surface area contributed by atoms with Gasteiger partial charge in [0, 0.05) is 37.1 Å². The summed E-state index contributed by atoms with van der Waals surface area (Å²) in [4.78, 5) is 23.8. The minimum Gasteiger partial charge on any atom is -0.329 e. The van der Waals surface area contributed by atoms with Crippen molar-refractivity contribution in [1.82, 2.24) is 14.5 Å². The maximum Gasteiger partial charge on any atom is 0.242 e. The van der Waals surface area contributed by atoms with Crippen molar-refractivity contribution in [1.29, 1.82) is 0 Å². The van der Waals surface area contributed by atoms with Crippen molar-refractivity contribution >= 4 is 34.1 Å². The van der Waals surface area contributed by atoms with E-state index in [1.54, 1.807) is 23.7 Å². The Morgan fingerprint density at radius 2 is 2.13 bits per heavy atom. The highest BCUT2D eigenvalue weighted by Crippen LogP contribution is 2.32. The average Bonchev–Trinajstić information content (AvgIpc) is 3.21. The van der Waals surface area contributed by atoms with Crippen molar-refractivity contribution in [2.24, 2.45) is 7.05 Å². The van der Waals surface area contributed by atoms with E-state index in [0.717, 1.165) is 23.1 Å². The van der Waals surface area contributed by atoms with Crippen LogP contribution < -0.4 is 4.90 Å². The van der Waals surface area contributed by atoms with E-state index in [-0.39, 0.29) is 17.2 Å². The maximum absolute atomic E-state index is 13.1. The van der Waals surface area contributed by atoms with Gasteiger partial charge >= 0.3 is 0 Å². The normalized spacial score (nSPS) is 17.1. The number of hydrogen-bond donors (Lipinski definition) is 0. The highest BCUT2D eigenvalue weighted by Gasteiger charge is 2.32. The zero-order valence-electron chi connectivity index (χ0n) is 13.5. The summed E-state index contributed by atoms with van der Waals surface area (Å²) in [5.41, 5.74) is 0. The highest BCUT2D eigenvalue weighted by atomic mass is 32.2. The smallest absolute Gasteiger partial charge is 0.242 e. The minimum absolute atomic E-state index is 0.139. The van der Waals surface area contributed by atoms with Gasteiger partial charge in [-0.15, -0.1) is 11.3 Å². The molecule has 0 spiro atoms. The summed E-state index contributed by atoms with van der Waals surface area (Å²) in [6, 6.07) is 0.284. The fourth-order valence-corrected chi connectivity index (χ4v) is 4.57. The second kappa shape index (κ2) is 7.49. The van der Waals surface area contributed by atoms with Crippen LogP contribution in [0.3, 0.4) is 0 Å². The zero-order valence-corrected chi connectivity index (χ0v) is 15.1. The molecule has 1 atom stereocenters. The number of aryl methyl sites for hydroxylation is 1. The molecule has 1 aliphatic carbocycles. The van der Waals surface area contributed by atoms with Crippen LogP contribution in [0.1, 0.15) is 39.0 Å². The van der Waals surface area contributed by atoms with Gasteiger partial charge in [0.15, 0.2) is 10.3 Å². The monoisotopic (exact) mass is 350 g/mol. The molecule has 1 fully saturated rings. The molecule has 2 heterocycles. The quantitative estimate of drug-likeness (QED) is 0.771. The van der Waals surface area contributed by atoms with Crippen LogP contribution in [0.5, 0.6) is 0 Å². The van der Waals surface area contributed by atoms with Crippen molar-refractivity contribution in [3.05, 3.63) is 24.0 Å². The van der Waals surface area contributed by atoms with Crippen molar-refractivity contribution in [2.45, 2.75) is 55.5 Å². The van der Waals surface area contributed by atoms with Crippen molar-refractivity contribution in [2.75, 3.05) is 4.90 Å². The van der Waals surface area contributed by atoms with Crippen LogP contribution in [0.4, 0.5) is 5.13 Å². The van der Waals surface area contributed by atoms with Gasteiger partial charge in [0.1, 0.15) is 0 Å². The molecule has 0 radical (unpaired) electrons. The van der Waals surface area contributed by atoms with Gasteiger partial charge in [0.05, 0.1) is 5.25 Å². The summed E-state index contributed by atoms with van der Waals surface area (Å²) in [5.74, 6) is 0.139. The molecule has 23 heavy (non-hydrogen) atoms. The molecule has 0 saturated heterocycles. The van der Waals surface area contributed by atoms with Crippen LogP contribution in [-0.4, -0.2) is 31.7 Å². The molecule has 5 nitrogen and oxygen atoms in total. The standard InChI is InChI=1S/C16H22N4OS2/c1-12(23-15-17-8-10-19(15)2)14(21)20(16-18-9-11-22-16)13-6-4-3-5-7-13/h8-13H,3-7H2,1-2H3/t12-/m0/s1. The maximum atomic E-state index is 13.1. The summed E-state index contributed by atoms with van der Waals surface area (Å²) in [5, 5.41) is 3.46. The predicted octanol–water partition coefficient (Wildman–Crippen LogP) is 3.72. The summed E-state index contributed by atoms with van der Waals surface area (Å²) in [6.45, 7) is 1.96. The molecule has 1 aliphatic rings. The number of rotatable bonds is 5. The van der Waals surface area contributed by atoms with Crippen LogP contribution in [-0.2, 0) is 11.8 Å². The molecular formula is C16H22N4OS2. The number of thioether (sulfide) groups is 1. The molecule has 0 aliphatic heterocycles. The molecule has 0 aromatic carbocycles. The van der Waals surface area contributed by atoms with E-state index >= 15 is 0 Å². The van der Waals surface area contributed by atoms with Gasteiger partial charge in [0.25, 0.3) is 0 Å². The van der Waals surface area contributed by atoms with Gasteiger partial charge in [-0.05, 0) is 19.8 Å². The van der Waals surface area contributed by atoms with Crippen LogP contribution in [0.2, 0.25) is 0 Å².